The molecule has 0 aliphatic carbocycles. The van der Waals surface area contributed by atoms with Gasteiger partial charge in [0.2, 0.25) is 17.6 Å². The molecular formula is C22H25FN4O5. The summed E-state index contributed by atoms with van der Waals surface area (Å²) in [6.45, 7) is 1.15. The van der Waals surface area contributed by atoms with Crippen molar-refractivity contribution >= 4 is 11.8 Å². The molecule has 0 atom stereocenters. The molecule has 9 nitrogen and oxygen atoms in total. The minimum atomic E-state index is -0.542. The van der Waals surface area contributed by atoms with E-state index in [2.05, 4.69) is 15.5 Å². The van der Waals surface area contributed by atoms with Gasteiger partial charge in [0, 0.05) is 37.0 Å². The normalized spacial score (nSPS) is 10.2. The summed E-state index contributed by atoms with van der Waals surface area (Å²) in [5.74, 6) is -0.213. The maximum absolute atomic E-state index is 12.2. The molecule has 2 amide bonds. The highest BCUT2D eigenvalue weighted by Crippen LogP contribution is 2.16. The van der Waals surface area contributed by atoms with E-state index in [0.717, 1.165) is 12.0 Å². The number of primary amides is 1. The summed E-state index contributed by atoms with van der Waals surface area (Å²) in [4.78, 5) is 26.5. The molecule has 0 fully saturated rings. The Morgan fingerprint density at radius 1 is 1.12 bits per heavy atom. The van der Waals surface area contributed by atoms with Gasteiger partial charge in [-0.25, -0.2) is 4.39 Å². The van der Waals surface area contributed by atoms with Crippen molar-refractivity contribution < 1.29 is 28.3 Å². The molecule has 32 heavy (non-hydrogen) atoms. The Morgan fingerprint density at radius 2 is 1.78 bits per heavy atom. The van der Waals surface area contributed by atoms with Crippen LogP contribution in [0, 0.1) is 5.82 Å². The van der Waals surface area contributed by atoms with Crippen LogP contribution in [0.25, 0.3) is 11.4 Å². The fourth-order valence-corrected chi connectivity index (χ4v) is 2.47. The Labute approximate surface area is 184 Å². The van der Waals surface area contributed by atoms with Gasteiger partial charge in [0.05, 0.1) is 13.0 Å². The van der Waals surface area contributed by atoms with E-state index in [0.29, 0.717) is 42.4 Å². The molecule has 0 aliphatic rings. The fraction of sp³-hybridized carbons (Fsp3) is 0.273. The molecule has 0 bridgehead atoms. The lowest BCUT2D eigenvalue weighted by molar-refractivity contribution is 0.0947. The summed E-state index contributed by atoms with van der Waals surface area (Å²) in [7, 11) is 1.63. The molecule has 0 spiro atoms. The number of carbonyl (C=O) groups excluding carboxylic acids is 2. The van der Waals surface area contributed by atoms with Gasteiger partial charge in [-0.1, -0.05) is 17.3 Å². The lowest BCUT2D eigenvalue weighted by Gasteiger charge is -2.05. The summed E-state index contributed by atoms with van der Waals surface area (Å²) >= 11 is 0. The van der Waals surface area contributed by atoms with Crippen LogP contribution < -0.4 is 11.1 Å². The Morgan fingerprint density at radius 3 is 2.38 bits per heavy atom. The number of carbonyl (C=O) groups is 2. The number of aromatic nitrogens is 2. The summed E-state index contributed by atoms with van der Waals surface area (Å²) in [5.41, 5.74) is 6.55. The topological polar surface area (TPSA) is 141 Å². The predicted molar refractivity (Wildman–Crippen MR) is 114 cm³/mol. The van der Waals surface area contributed by atoms with Gasteiger partial charge in [-0.2, -0.15) is 4.98 Å². The molecule has 0 aliphatic heterocycles. The molecule has 0 saturated carbocycles. The number of nitrogens with zero attached hydrogens (tertiary/aromatic N) is 2. The highest BCUT2D eigenvalue weighted by atomic mass is 19.1. The van der Waals surface area contributed by atoms with Crippen molar-refractivity contribution in [3.8, 4) is 11.4 Å². The monoisotopic (exact) mass is 444 g/mol. The molecule has 3 aromatic rings. The van der Waals surface area contributed by atoms with E-state index >= 15 is 0 Å². The van der Waals surface area contributed by atoms with Crippen molar-refractivity contribution in [3.05, 3.63) is 71.4 Å². The first kappa shape index (κ1) is 24.6. The average molecular weight is 444 g/mol. The van der Waals surface area contributed by atoms with Crippen molar-refractivity contribution in [2.45, 2.75) is 12.8 Å². The number of aliphatic hydroxyl groups is 1. The number of hydrogen-bond donors (Lipinski definition) is 3. The van der Waals surface area contributed by atoms with Crippen molar-refractivity contribution in [1.29, 1.82) is 0 Å². The Bertz CT molecular complexity index is 990. The SMILES string of the molecule is COCCCNC(=O)c1ccc(-c2noc(CCO)n2)cc1.NC(=O)c1ccc(F)cc1. The van der Waals surface area contributed by atoms with Crippen LogP contribution in [-0.4, -0.2) is 53.9 Å². The van der Waals surface area contributed by atoms with E-state index in [4.69, 9.17) is 20.1 Å². The largest absolute Gasteiger partial charge is 0.396 e. The average Bonchev–Trinajstić information content (AvgIpc) is 3.26. The van der Waals surface area contributed by atoms with E-state index in [-0.39, 0.29) is 18.3 Å². The number of amides is 2. The molecule has 2 aromatic carbocycles. The van der Waals surface area contributed by atoms with Crippen LogP contribution >= 0.6 is 0 Å². The number of benzene rings is 2. The summed E-state index contributed by atoms with van der Waals surface area (Å²) in [5, 5.41) is 15.5. The molecule has 0 saturated heterocycles. The fourth-order valence-electron chi connectivity index (χ4n) is 2.47. The molecule has 0 radical (unpaired) electrons. The summed E-state index contributed by atoms with van der Waals surface area (Å²) < 4.78 is 22.1. The van der Waals surface area contributed by atoms with Gasteiger partial charge < -0.3 is 25.4 Å². The van der Waals surface area contributed by atoms with Crippen molar-refractivity contribution in [1.82, 2.24) is 15.5 Å². The zero-order valence-corrected chi connectivity index (χ0v) is 17.6. The van der Waals surface area contributed by atoms with Crippen molar-refractivity contribution in [2.75, 3.05) is 26.9 Å². The first-order valence-electron chi connectivity index (χ1n) is 9.81. The zero-order chi connectivity index (χ0) is 23.3. The third-order valence-electron chi connectivity index (χ3n) is 4.14. The second kappa shape index (κ2) is 12.9. The number of hydrogen-bond acceptors (Lipinski definition) is 7. The van der Waals surface area contributed by atoms with Crippen LogP contribution in [0.5, 0.6) is 0 Å². The van der Waals surface area contributed by atoms with Crippen molar-refractivity contribution in [2.24, 2.45) is 5.73 Å². The number of halogens is 1. The molecule has 3 rings (SSSR count). The third kappa shape index (κ3) is 7.89. The molecule has 0 unspecified atom stereocenters. The van der Waals surface area contributed by atoms with Gasteiger partial charge in [0.25, 0.3) is 5.91 Å². The lowest BCUT2D eigenvalue weighted by atomic mass is 10.1. The summed E-state index contributed by atoms with van der Waals surface area (Å²) in [6.07, 6.45) is 1.10. The van der Waals surface area contributed by atoms with Gasteiger partial charge in [0.15, 0.2) is 0 Å². The van der Waals surface area contributed by atoms with Crippen LogP contribution in [-0.2, 0) is 11.2 Å². The lowest BCUT2D eigenvalue weighted by Crippen LogP contribution is -2.25. The first-order valence-corrected chi connectivity index (χ1v) is 9.81. The van der Waals surface area contributed by atoms with E-state index in [1.165, 1.54) is 24.3 Å². The Balaban J connectivity index is 0.000000303. The van der Waals surface area contributed by atoms with Gasteiger partial charge in [0.1, 0.15) is 5.82 Å². The van der Waals surface area contributed by atoms with Gasteiger partial charge in [-0.15, -0.1) is 0 Å². The third-order valence-corrected chi connectivity index (χ3v) is 4.14. The number of rotatable bonds is 9. The van der Waals surface area contributed by atoms with E-state index < -0.39 is 5.91 Å². The van der Waals surface area contributed by atoms with Gasteiger partial charge in [-0.05, 0) is 42.8 Å². The molecule has 170 valence electrons. The molecule has 4 N–H and O–H groups in total. The van der Waals surface area contributed by atoms with E-state index in [1.54, 1.807) is 31.4 Å². The van der Waals surface area contributed by atoms with Gasteiger partial charge in [-0.3, -0.25) is 9.59 Å². The molecular weight excluding hydrogens is 419 g/mol. The summed E-state index contributed by atoms with van der Waals surface area (Å²) in [6, 6.07) is 12.0. The molecule has 1 heterocycles. The smallest absolute Gasteiger partial charge is 0.251 e. The quantitative estimate of drug-likeness (QED) is 0.429. The number of nitrogens with one attached hydrogen (secondary N) is 1. The highest BCUT2D eigenvalue weighted by Gasteiger charge is 2.10. The maximum atomic E-state index is 12.2. The standard InChI is InChI=1S/C15H19N3O4.C7H6FNO/c1-21-10-2-8-16-15(20)12-5-3-11(4-6-12)14-17-13(7-9-19)22-18-14;8-6-3-1-5(2-4-6)7(9)10/h3-6,19H,2,7-10H2,1H3,(H,16,20);1-4H,(H2,9,10). The minimum absolute atomic E-state index is 0.0379. The number of methoxy groups -OCH3 is 1. The first-order chi connectivity index (χ1) is 15.4. The van der Waals surface area contributed by atoms with E-state index in [9.17, 15) is 14.0 Å². The highest BCUT2D eigenvalue weighted by molar-refractivity contribution is 5.94. The Kier molecular flexibility index (Phi) is 9.95. The second-order valence-corrected chi connectivity index (χ2v) is 6.54. The molecule has 1 aromatic heterocycles. The van der Waals surface area contributed by atoms with Crippen LogP contribution in [0.4, 0.5) is 4.39 Å². The van der Waals surface area contributed by atoms with Crippen LogP contribution in [0.1, 0.15) is 33.0 Å². The minimum Gasteiger partial charge on any atom is -0.396 e. The molecule has 10 heteroatoms. The Hall–Kier alpha value is -3.63. The predicted octanol–water partition coefficient (Wildman–Crippen LogP) is 1.96. The van der Waals surface area contributed by atoms with E-state index in [1.807, 2.05) is 0 Å². The number of nitrogens with two attached hydrogens (primary N) is 1. The number of ether oxygens (including phenoxy) is 1. The van der Waals surface area contributed by atoms with Crippen LogP contribution in [0.15, 0.2) is 53.1 Å². The van der Waals surface area contributed by atoms with Crippen LogP contribution in [0.2, 0.25) is 0 Å². The zero-order valence-electron chi connectivity index (χ0n) is 17.6. The van der Waals surface area contributed by atoms with Crippen molar-refractivity contribution in [3.63, 3.8) is 0 Å². The number of aliphatic hydroxyl groups excluding tert-OH is 1. The maximum Gasteiger partial charge on any atom is 0.251 e. The van der Waals surface area contributed by atoms with Crippen LogP contribution in [0.3, 0.4) is 0 Å². The second-order valence-electron chi connectivity index (χ2n) is 6.54. The van der Waals surface area contributed by atoms with Gasteiger partial charge >= 0.3 is 0 Å².